The van der Waals surface area contributed by atoms with Crippen LogP contribution in [0.5, 0.6) is 0 Å². The highest BCUT2D eigenvalue weighted by atomic mass is 32.2. The molecule has 36 heavy (non-hydrogen) atoms. The third-order valence-corrected chi connectivity index (χ3v) is 7.10. The first-order valence-electron chi connectivity index (χ1n) is 12.0. The van der Waals surface area contributed by atoms with Gasteiger partial charge in [-0.2, -0.15) is 0 Å². The van der Waals surface area contributed by atoms with Gasteiger partial charge in [-0.1, -0.05) is 67.9 Å². The average molecular weight is 499 g/mol. The molecular weight excluding hydrogens is 472 g/mol. The third-order valence-electron chi connectivity index (χ3n) is 6.19. The molecule has 2 heterocycles. The Kier molecular flexibility index (Phi) is 6.91. The number of benzene rings is 3. The second kappa shape index (κ2) is 10.4. The molecule has 5 rings (SSSR count). The molecule has 1 aromatic heterocycles. The van der Waals surface area contributed by atoms with E-state index >= 15 is 0 Å². The van der Waals surface area contributed by atoms with Gasteiger partial charge < -0.3 is 9.30 Å². The van der Waals surface area contributed by atoms with Gasteiger partial charge in [-0.15, -0.1) is 0 Å². The van der Waals surface area contributed by atoms with Crippen molar-refractivity contribution in [1.29, 1.82) is 0 Å². The lowest BCUT2D eigenvalue weighted by Crippen LogP contribution is -2.34. The molecule has 1 fully saturated rings. The third kappa shape index (κ3) is 4.93. The van der Waals surface area contributed by atoms with Crippen molar-refractivity contribution in [3.63, 3.8) is 0 Å². The molecule has 0 unspecified atom stereocenters. The fraction of sp³-hybridized carbons (Fsp3) is 0.207. The van der Waals surface area contributed by atoms with E-state index in [4.69, 9.17) is 4.74 Å². The highest BCUT2D eigenvalue weighted by Crippen LogP contribution is 2.34. The molecule has 0 saturated carbocycles. The van der Waals surface area contributed by atoms with Gasteiger partial charge in [-0.25, -0.2) is 0 Å². The minimum absolute atomic E-state index is 0.290. The van der Waals surface area contributed by atoms with Crippen LogP contribution in [-0.4, -0.2) is 39.7 Å². The number of fused-ring (bicyclic) bond motifs is 2. The van der Waals surface area contributed by atoms with Crippen LogP contribution in [0.1, 0.15) is 30.9 Å². The predicted molar refractivity (Wildman–Crippen MR) is 144 cm³/mol. The number of imide groups is 1. The van der Waals surface area contributed by atoms with Gasteiger partial charge >= 0.3 is 5.97 Å². The molecule has 4 aromatic rings. The summed E-state index contributed by atoms with van der Waals surface area (Å²) in [7, 11) is 0. The minimum Gasteiger partial charge on any atom is -0.464 e. The van der Waals surface area contributed by atoms with Crippen molar-refractivity contribution in [1.82, 2.24) is 9.47 Å². The van der Waals surface area contributed by atoms with Crippen molar-refractivity contribution in [2.45, 2.75) is 26.3 Å². The van der Waals surface area contributed by atoms with Crippen LogP contribution >= 0.6 is 11.8 Å². The average Bonchev–Trinajstić information content (AvgIpc) is 3.36. The molecule has 7 heteroatoms. The molecule has 6 nitrogen and oxygen atoms in total. The molecule has 3 aromatic carbocycles. The standard InChI is InChI=1S/C29H26N2O4S/c1-2-3-14-35-27(32)19-31-28(33)26(36-29(31)34)16-23-18-30(25-11-7-6-10-24(23)25)17-20-12-13-21-8-4-5-9-22(21)15-20/h4-13,15-16,18H,2-3,14,17,19H2,1H3/b26-16-. The van der Waals surface area contributed by atoms with Crippen LogP contribution in [0.15, 0.2) is 77.8 Å². The fourth-order valence-corrected chi connectivity index (χ4v) is 5.17. The summed E-state index contributed by atoms with van der Waals surface area (Å²) in [5, 5.41) is 2.92. The Morgan fingerprint density at radius 2 is 1.78 bits per heavy atom. The van der Waals surface area contributed by atoms with Gasteiger partial charge in [0.2, 0.25) is 0 Å². The molecule has 182 valence electrons. The number of carbonyl (C=O) groups excluding carboxylic acids is 3. The van der Waals surface area contributed by atoms with Crippen LogP contribution in [0.4, 0.5) is 4.79 Å². The highest BCUT2D eigenvalue weighted by Gasteiger charge is 2.36. The Bertz CT molecular complexity index is 1500. The second-order valence-electron chi connectivity index (χ2n) is 8.75. The van der Waals surface area contributed by atoms with E-state index < -0.39 is 17.1 Å². The van der Waals surface area contributed by atoms with Crippen molar-refractivity contribution >= 4 is 56.6 Å². The van der Waals surface area contributed by atoms with Crippen LogP contribution < -0.4 is 0 Å². The van der Waals surface area contributed by atoms with Crippen LogP contribution in [0.25, 0.3) is 27.8 Å². The first-order valence-corrected chi connectivity index (χ1v) is 12.8. The zero-order valence-electron chi connectivity index (χ0n) is 20.0. The SMILES string of the molecule is CCCCOC(=O)CN1C(=O)S/C(=C\c2cn(Cc3ccc4ccccc4c3)c3ccccc23)C1=O. The van der Waals surface area contributed by atoms with E-state index in [0.717, 1.165) is 46.0 Å². The van der Waals surface area contributed by atoms with Gasteiger partial charge in [0.05, 0.1) is 11.5 Å². The topological polar surface area (TPSA) is 68.6 Å². The van der Waals surface area contributed by atoms with E-state index in [-0.39, 0.29) is 13.2 Å². The van der Waals surface area contributed by atoms with Crippen molar-refractivity contribution in [2.75, 3.05) is 13.2 Å². The maximum Gasteiger partial charge on any atom is 0.326 e. The Hall–Kier alpha value is -3.84. The van der Waals surface area contributed by atoms with Crippen molar-refractivity contribution in [3.8, 4) is 0 Å². The van der Waals surface area contributed by atoms with Crippen LogP contribution in [0.3, 0.4) is 0 Å². The van der Waals surface area contributed by atoms with E-state index in [1.54, 1.807) is 6.08 Å². The van der Waals surface area contributed by atoms with Gasteiger partial charge in [0.15, 0.2) is 0 Å². The zero-order valence-corrected chi connectivity index (χ0v) is 20.8. The minimum atomic E-state index is -0.570. The largest absolute Gasteiger partial charge is 0.464 e. The molecule has 0 atom stereocenters. The lowest BCUT2D eigenvalue weighted by Gasteiger charge is -2.11. The summed E-state index contributed by atoms with van der Waals surface area (Å²) in [6.45, 7) is 2.59. The summed E-state index contributed by atoms with van der Waals surface area (Å²) in [4.78, 5) is 38.7. The summed E-state index contributed by atoms with van der Waals surface area (Å²) in [6, 6.07) is 22.7. The van der Waals surface area contributed by atoms with Crippen LogP contribution in [0, 0.1) is 0 Å². The van der Waals surface area contributed by atoms with Gasteiger partial charge in [-0.05, 0) is 52.7 Å². The molecule has 0 spiro atoms. The number of nitrogens with zero attached hydrogens (tertiary/aromatic N) is 2. The summed E-state index contributed by atoms with van der Waals surface area (Å²) in [5.74, 6) is -1.04. The van der Waals surface area contributed by atoms with Crippen molar-refractivity contribution in [3.05, 3.63) is 89.0 Å². The van der Waals surface area contributed by atoms with Gasteiger partial charge in [-0.3, -0.25) is 19.3 Å². The Morgan fingerprint density at radius 1 is 1.00 bits per heavy atom. The quantitative estimate of drug-likeness (QED) is 0.164. The van der Waals surface area contributed by atoms with Crippen LogP contribution in [0.2, 0.25) is 0 Å². The van der Waals surface area contributed by atoms with E-state index in [1.165, 1.54) is 16.3 Å². The van der Waals surface area contributed by atoms with Crippen molar-refractivity contribution in [2.24, 2.45) is 0 Å². The number of esters is 1. The summed E-state index contributed by atoms with van der Waals surface area (Å²) in [6.07, 6.45) is 5.39. The van der Waals surface area contributed by atoms with E-state index in [9.17, 15) is 14.4 Å². The maximum atomic E-state index is 12.9. The Morgan fingerprint density at radius 3 is 2.61 bits per heavy atom. The smallest absolute Gasteiger partial charge is 0.326 e. The molecule has 1 saturated heterocycles. The number of amides is 2. The van der Waals surface area contributed by atoms with E-state index in [1.807, 2.05) is 49.5 Å². The van der Waals surface area contributed by atoms with E-state index in [2.05, 4.69) is 34.9 Å². The molecule has 0 aliphatic carbocycles. The lowest BCUT2D eigenvalue weighted by atomic mass is 10.1. The number of carbonyl (C=O) groups is 3. The zero-order chi connectivity index (χ0) is 25.1. The first kappa shape index (κ1) is 23.9. The normalized spacial score (nSPS) is 14.9. The molecule has 2 amide bonds. The lowest BCUT2D eigenvalue weighted by molar-refractivity contribution is -0.146. The van der Waals surface area contributed by atoms with E-state index in [0.29, 0.717) is 11.4 Å². The second-order valence-corrected chi connectivity index (χ2v) is 9.75. The Labute approximate surface area is 213 Å². The summed E-state index contributed by atoms with van der Waals surface area (Å²) in [5.41, 5.74) is 3.06. The Balaban J connectivity index is 1.40. The number of unbranched alkanes of at least 4 members (excludes halogenated alkanes) is 1. The summed E-state index contributed by atoms with van der Waals surface area (Å²) >= 11 is 0.852. The predicted octanol–water partition coefficient (Wildman–Crippen LogP) is 6.22. The molecule has 0 radical (unpaired) electrons. The van der Waals surface area contributed by atoms with Crippen LogP contribution in [-0.2, 0) is 20.9 Å². The number of hydrogen-bond donors (Lipinski definition) is 0. The molecule has 0 N–H and O–H groups in total. The molecular formula is C29H26N2O4S. The number of hydrogen-bond acceptors (Lipinski definition) is 5. The molecule has 1 aliphatic rings. The molecule has 0 bridgehead atoms. The summed E-state index contributed by atoms with van der Waals surface area (Å²) < 4.78 is 7.28. The number of para-hydroxylation sites is 1. The molecule has 1 aliphatic heterocycles. The first-order chi connectivity index (χ1) is 17.5. The van der Waals surface area contributed by atoms with Gasteiger partial charge in [0, 0.05) is 29.2 Å². The maximum absolute atomic E-state index is 12.9. The monoisotopic (exact) mass is 498 g/mol. The number of thioether (sulfide) groups is 1. The number of ether oxygens (including phenoxy) is 1. The number of aromatic nitrogens is 1. The fourth-order valence-electron chi connectivity index (χ4n) is 4.34. The number of rotatable bonds is 8. The highest BCUT2D eigenvalue weighted by molar-refractivity contribution is 8.18. The van der Waals surface area contributed by atoms with Gasteiger partial charge in [0.25, 0.3) is 11.1 Å². The van der Waals surface area contributed by atoms with Gasteiger partial charge in [0.1, 0.15) is 6.54 Å². The van der Waals surface area contributed by atoms with Crippen molar-refractivity contribution < 1.29 is 19.1 Å².